The molecule has 0 aromatic carbocycles. The summed E-state index contributed by atoms with van der Waals surface area (Å²) in [5, 5.41) is 135. The largest absolute Gasteiger partial charge is 0.479 e. The van der Waals surface area contributed by atoms with Crippen LogP contribution in [0.4, 0.5) is 0 Å². The number of carbonyl (C=O) groups excluding carboxylic acids is 1. The molecule has 0 unspecified atom stereocenters. The standard InChI is InChI=1S/C27H45NO22/c1-6(32)28-11-21(49-26-19(41)15(37)12(34)8(3-30)47-26)14(36)9(4-31)46-25(11)50-23-18(40)17(39)20(7(33)2-29)48-27(23)44-5-10-13(35)16(38)22(45-10)24(42)43/h7-23,25-27,29-31,33-41H,2-5H2,1H3,(H,28,32)(H,42,43)/t7-,8-,9-,10-,11-,12+,13-,14+,15+,16+,17+,18+,19-,20-,21-,22+,23+,25-,26+,27+/m1/s1. The van der Waals surface area contributed by atoms with Gasteiger partial charge in [-0.3, -0.25) is 4.79 Å². The van der Waals surface area contributed by atoms with Gasteiger partial charge < -0.3 is 105 Å². The van der Waals surface area contributed by atoms with Crippen molar-refractivity contribution in [3.8, 4) is 0 Å². The van der Waals surface area contributed by atoms with Crippen LogP contribution in [0.1, 0.15) is 6.92 Å². The minimum atomic E-state index is -2.07. The zero-order chi connectivity index (χ0) is 37.2. The fraction of sp³-hybridized carbons (Fsp3) is 0.926. The van der Waals surface area contributed by atoms with Gasteiger partial charge in [0.25, 0.3) is 0 Å². The van der Waals surface area contributed by atoms with E-state index < -0.39 is 161 Å². The SMILES string of the molecule is CC(=O)N[C@H]1[C@@H](O[C@@H]2[C@@H](OC[C@H]3O[C@H](C(=O)O)[C@@H](O)[C@@H]3O)O[C@H]([C@H](O)CO)[C@@H](O)[C@@H]2O)O[C@H](CO)[C@H](O)[C@@H]1O[C@@H]1O[C@H](CO)[C@H](O)[C@H](O)[C@H]1O. The Bertz CT molecular complexity index is 1120. The quantitative estimate of drug-likeness (QED) is 0.0834. The molecule has 0 saturated carbocycles. The molecular weight excluding hydrogens is 690 g/mol. The monoisotopic (exact) mass is 735 g/mol. The molecule has 4 aliphatic rings. The topological polar surface area (TPSA) is 374 Å². The molecule has 23 heteroatoms. The van der Waals surface area contributed by atoms with Crippen LogP contribution < -0.4 is 5.32 Å². The first-order valence-corrected chi connectivity index (χ1v) is 15.6. The van der Waals surface area contributed by atoms with Crippen molar-refractivity contribution < 1.29 is 109 Å². The highest BCUT2D eigenvalue weighted by molar-refractivity contribution is 5.74. The zero-order valence-electron chi connectivity index (χ0n) is 26.4. The van der Waals surface area contributed by atoms with Gasteiger partial charge in [-0.1, -0.05) is 0 Å². The molecule has 4 heterocycles. The number of hydrogen-bond acceptors (Lipinski definition) is 21. The average molecular weight is 736 g/mol. The van der Waals surface area contributed by atoms with E-state index in [0.29, 0.717) is 0 Å². The second-order valence-electron chi connectivity index (χ2n) is 12.3. The molecule has 20 atom stereocenters. The fourth-order valence-corrected chi connectivity index (χ4v) is 6.07. The predicted octanol–water partition coefficient (Wildman–Crippen LogP) is -9.47. The number of ether oxygens (including phenoxy) is 7. The number of carboxylic acid groups (broad SMARTS) is 1. The summed E-state index contributed by atoms with van der Waals surface area (Å²) in [6, 6.07) is -1.64. The lowest BCUT2D eigenvalue weighted by Gasteiger charge is -2.49. The highest BCUT2D eigenvalue weighted by atomic mass is 16.8. The average Bonchev–Trinajstić information content (AvgIpc) is 3.37. The van der Waals surface area contributed by atoms with Gasteiger partial charge >= 0.3 is 5.97 Å². The molecule has 0 aliphatic carbocycles. The van der Waals surface area contributed by atoms with Crippen LogP contribution in [0, 0.1) is 0 Å². The zero-order valence-corrected chi connectivity index (χ0v) is 26.4. The molecule has 14 N–H and O–H groups in total. The van der Waals surface area contributed by atoms with Gasteiger partial charge in [0.2, 0.25) is 5.91 Å². The number of nitrogens with one attached hydrogen (secondary N) is 1. The van der Waals surface area contributed by atoms with Gasteiger partial charge in [0.15, 0.2) is 25.0 Å². The normalized spacial score (nSPS) is 47.5. The minimum Gasteiger partial charge on any atom is -0.479 e. The van der Waals surface area contributed by atoms with Crippen molar-refractivity contribution in [3.05, 3.63) is 0 Å². The number of aliphatic hydroxyl groups excluding tert-OH is 12. The van der Waals surface area contributed by atoms with E-state index in [0.717, 1.165) is 6.92 Å². The van der Waals surface area contributed by atoms with Crippen molar-refractivity contribution in [2.75, 3.05) is 26.4 Å². The molecule has 0 spiro atoms. The summed E-state index contributed by atoms with van der Waals surface area (Å²) >= 11 is 0. The molecular formula is C27H45NO22. The van der Waals surface area contributed by atoms with Crippen molar-refractivity contribution in [1.29, 1.82) is 0 Å². The van der Waals surface area contributed by atoms with Crippen molar-refractivity contribution >= 4 is 11.9 Å². The van der Waals surface area contributed by atoms with E-state index in [9.17, 15) is 76.0 Å². The summed E-state index contributed by atoms with van der Waals surface area (Å²) in [5.41, 5.74) is 0. The van der Waals surface area contributed by atoms with Crippen molar-refractivity contribution in [2.45, 2.75) is 129 Å². The van der Waals surface area contributed by atoms with E-state index in [1.807, 2.05) is 0 Å². The summed E-state index contributed by atoms with van der Waals surface area (Å²) in [6.45, 7) is -2.45. The van der Waals surface area contributed by atoms with E-state index >= 15 is 0 Å². The lowest BCUT2D eigenvalue weighted by atomic mass is 9.93. The Kier molecular flexibility index (Phi) is 14.2. The van der Waals surface area contributed by atoms with Crippen LogP contribution in [0.25, 0.3) is 0 Å². The Morgan fingerprint density at radius 3 is 1.80 bits per heavy atom. The third kappa shape index (κ3) is 8.52. The van der Waals surface area contributed by atoms with E-state index in [1.165, 1.54) is 0 Å². The fourth-order valence-electron chi connectivity index (χ4n) is 6.07. The summed E-state index contributed by atoms with van der Waals surface area (Å²) in [7, 11) is 0. The number of carbonyl (C=O) groups is 2. The van der Waals surface area contributed by atoms with Crippen LogP contribution in [0.2, 0.25) is 0 Å². The van der Waals surface area contributed by atoms with Crippen LogP contribution in [-0.2, 0) is 42.7 Å². The molecule has 0 bridgehead atoms. The number of carboxylic acids is 1. The number of aliphatic carboxylic acids is 1. The Morgan fingerprint density at radius 1 is 0.660 bits per heavy atom. The maximum atomic E-state index is 12.3. The van der Waals surface area contributed by atoms with Gasteiger partial charge in [-0.15, -0.1) is 0 Å². The predicted molar refractivity (Wildman–Crippen MR) is 151 cm³/mol. The molecule has 1 amide bonds. The van der Waals surface area contributed by atoms with E-state index in [1.54, 1.807) is 0 Å². The maximum absolute atomic E-state index is 12.3. The van der Waals surface area contributed by atoms with Crippen LogP contribution in [0.5, 0.6) is 0 Å². The van der Waals surface area contributed by atoms with E-state index in [4.69, 9.17) is 33.2 Å². The van der Waals surface area contributed by atoms with E-state index in [2.05, 4.69) is 5.32 Å². The summed E-state index contributed by atoms with van der Waals surface area (Å²) in [4.78, 5) is 23.7. The molecule has 4 aliphatic heterocycles. The van der Waals surface area contributed by atoms with Gasteiger partial charge in [-0.2, -0.15) is 0 Å². The lowest BCUT2D eigenvalue weighted by Crippen LogP contribution is -2.70. The van der Waals surface area contributed by atoms with Crippen molar-refractivity contribution in [2.24, 2.45) is 0 Å². The van der Waals surface area contributed by atoms with Crippen LogP contribution >= 0.6 is 0 Å². The van der Waals surface area contributed by atoms with Crippen LogP contribution in [-0.4, -0.2) is 227 Å². The third-order valence-electron chi connectivity index (χ3n) is 8.83. The highest BCUT2D eigenvalue weighted by Crippen LogP contribution is 2.34. The molecule has 23 nitrogen and oxygen atoms in total. The summed E-state index contributed by atoms with van der Waals surface area (Å²) in [5.74, 6) is -2.39. The van der Waals surface area contributed by atoms with Crippen LogP contribution in [0.3, 0.4) is 0 Å². The summed E-state index contributed by atoms with van der Waals surface area (Å²) < 4.78 is 39.0. The van der Waals surface area contributed by atoms with Gasteiger partial charge in [0.05, 0.1) is 26.4 Å². The number of aliphatic hydroxyl groups is 12. The second-order valence-corrected chi connectivity index (χ2v) is 12.3. The van der Waals surface area contributed by atoms with Gasteiger partial charge in [0.1, 0.15) is 97.6 Å². The summed E-state index contributed by atoms with van der Waals surface area (Å²) in [6.07, 6.45) is -34.4. The van der Waals surface area contributed by atoms with Crippen molar-refractivity contribution in [1.82, 2.24) is 5.32 Å². The first kappa shape index (κ1) is 40.9. The number of rotatable bonds is 13. The Labute approximate surface area is 282 Å². The van der Waals surface area contributed by atoms with Gasteiger partial charge in [-0.05, 0) is 0 Å². The Balaban J connectivity index is 1.63. The molecule has 0 aromatic rings. The van der Waals surface area contributed by atoms with Crippen molar-refractivity contribution in [3.63, 3.8) is 0 Å². The number of hydrogen-bond donors (Lipinski definition) is 14. The lowest BCUT2D eigenvalue weighted by molar-refractivity contribution is -0.374. The van der Waals surface area contributed by atoms with Gasteiger partial charge in [0, 0.05) is 6.92 Å². The highest BCUT2D eigenvalue weighted by Gasteiger charge is 2.56. The van der Waals surface area contributed by atoms with E-state index in [-0.39, 0.29) is 0 Å². The maximum Gasteiger partial charge on any atom is 0.335 e. The first-order valence-electron chi connectivity index (χ1n) is 15.6. The molecule has 50 heavy (non-hydrogen) atoms. The molecule has 290 valence electrons. The van der Waals surface area contributed by atoms with Crippen LogP contribution in [0.15, 0.2) is 0 Å². The molecule has 4 saturated heterocycles. The third-order valence-corrected chi connectivity index (χ3v) is 8.83. The molecule has 0 radical (unpaired) electrons. The smallest absolute Gasteiger partial charge is 0.335 e. The van der Waals surface area contributed by atoms with Gasteiger partial charge in [-0.25, -0.2) is 4.79 Å². The molecule has 4 fully saturated rings. The minimum absolute atomic E-state index is 0.751. The first-order chi connectivity index (χ1) is 23.6. The molecule has 4 rings (SSSR count). The molecule has 0 aromatic heterocycles. The number of amides is 1. The Hall–Kier alpha value is -1.82. The Morgan fingerprint density at radius 2 is 1.24 bits per heavy atom. The second kappa shape index (κ2) is 17.3.